The zero-order valence-corrected chi connectivity index (χ0v) is 14.4. The molecule has 2 N–H and O–H groups in total. The maximum atomic E-state index is 12.1. The van der Waals surface area contributed by atoms with Crippen LogP contribution in [0.15, 0.2) is 24.3 Å². The smallest absolute Gasteiger partial charge is 0.220 e. The quantitative estimate of drug-likeness (QED) is 0.897. The highest BCUT2D eigenvalue weighted by Crippen LogP contribution is 2.22. The maximum absolute atomic E-state index is 12.1. The molecule has 1 saturated heterocycles. The lowest BCUT2D eigenvalue weighted by atomic mass is 9.86. The summed E-state index contributed by atoms with van der Waals surface area (Å²) in [6.45, 7) is 9.83. The normalized spacial score (nSPS) is 22.4. The standard InChI is InChI=1S/C19H30N2O/c1-14-13-17(11-12-20-14)21-18(22)10-7-15-5-8-16(9-6-15)19(2,3)4/h5-6,8-9,14,17,20H,7,10-13H2,1-4H3,(H,21,22). The van der Waals surface area contributed by atoms with Gasteiger partial charge in [-0.1, -0.05) is 45.0 Å². The van der Waals surface area contributed by atoms with Crippen LogP contribution in [0.1, 0.15) is 58.1 Å². The number of nitrogens with one attached hydrogen (secondary N) is 2. The minimum absolute atomic E-state index is 0.180. The van der Waals surface area contributed by atoms with Crippen molar-refractivity contribution in [3.63, 3.8) is 0 Å². The van der Waals surface area contributed by atoms with Crippen LogP contribution < -0.4 is 10.6 Å². The highest BCUT2D eigenvalue weighted by molar-refractivity contribution is 5.76. The Morgan fingerprint density at radius 1 is 1.27 bits per heavy atom. The van der Waals surface area contributed by atoms with Crippen molar-refractivity contribution in [2.45, 2.75) is 70.9 Å². The second kappa shape index (κ2) is 7.28. The molecular weight excluding hydrogens is 272 g/mol. The Hall–Kier alpha value is -1.35. The van der Waals surface area contributed by atoms with E-state index in [0.717, 1.165) is 25.8 Å². The summed E-state index contributed by atoms with van der Waals surface area (Å²) in [4.78, 5) is 12.1. The molecule has 0 saturated carbocycles. The van der Waals surface area contributed by atoms with E-state index in [1.807, 2.05) is 0 Å². The molecule has 1 aliphatic rings. The van der Waals surface area contributed by atoms with Crippen molar-refractivity contribution in [1.82, 2.24) is 10.6 Å². The lowest BCUT2D eigenvalue weighted by Gasteiger charge is -2.28. The highest BCUT2D eigenvalue weighted by atomic mass is 16.1. The van der Waals surface area contributed by atoms with Gasteiger partial charge in [0.05, 0.1) is 0 Å². The largest absolute Gasteiger partial charge is 0.353 e. The molecule has 1 aromatic carbocycles. The Morgan fingerprint density at radius 2 is 1.95 bits per heavy atom. The van der Waals surface area contributed by atoms with E-state index in [2.05, 4.69) is 62.6 Å². The van der Waals surface area contributed by atoms with Crippen LogP contribution in [0.2, 0.25) is 0 Å². The van der Waals surface area contributed by atoms with Crippen LogP contribution >= 0.6 is 0 Å². The number of piperidine rings is 1. The summed E-state index contributed by atoms with van der Waals surface area (Å²) in [7, 11) is 0. The molecule has 1 heterocycles. The molecule has 2 rings (SSSR count). The summed E-state index contributed by atoms with van der Waals surface area (Å²) in [5, 5.41) is 6.59. The molecule has 2 atom stereocenters. The summed E-state index contributed by atoms with van der Waals surface area (Å²) < 4.78 is 0. The van der Waals surface area contributed by atoms with Crippen LogP contribution in [0.4, 0.5) is 0 Å². The Morgan fingerprint density at radius 3 is 2.55 bits per heavy atom. The number of rotatable bonds is 4. The van der Waals surface area contributed by atoms with Gasteiger partial charge in [-0.3, -0.25) is 4.79 Å². The van der Waals surface area contributed by atoms with E-state index >= 15 is 0 Å². The van der Waals surface area contributed by atoms with Gasteiger partial charge in [0.25, 0.3) is 0 Å². The minimum atomic E-state index is 0.180. The van der Waals surface area contributed by atoms with Gasteiger partial charge < -0.3 is 10.6 Å². The van der Waals surface area contributed by atoms with Crippen molar-refractivity contribution in [3.05, 3.63) is 35.4 Å². The van der Waals surface area contributed by atoms with Gasteiger partial charge in [-0.05, 0) is 49.3 Å². The first-order chi connectivity index (χ1) is 10.3. The lowest BCUT2D eigenvalue weighted by molar-refractivity contribution is -0.122. The Bertz CT molecular complexity index is 487. The lowest BCUT2D eigenvalue weighted by Crippen LogP contribution is -2.46. The fourth-order valence-electron chi connectivity index (χ4n) is 2.99. The SMILES string of the molecule is CC1CC(NC(=O)CCc2ccc(C(C)(C)C)cc2)CCN1. The molecule has 1 aromatic rings. The van der Waals surface area contributed by atoms with Crippen molar-refractivity contribution >= 4 is 5.91 Å². The van der Waals surface area contributed by atoms with Crippen LogP contribution in [0, 0.1) is 0 Å². The summed E-state index contributed by atoms with van der Waals surface area (Å²) in [5.41, 5.74) is 2.76. The van der Waals surface area contributed by atoms with Gasteiger partial charge in [-0.2, -0.15) is 0 Å². The third kappa shape index (κ3) is 5.13. The Balaban J connectivity index is 1.78. The zero-order valence-electron chi connectivity index (χ0n) is 14.4. The zero-order chi connectivity index (χ0) is 16.2. The molecule has 1 aliphatic heterocycles. The molecular formula is C19H30N2O. The molecule has 1 fully saturated rings. The van der Waals surface area contributed by atoms with Crippen molar-refractivity contribution in [2.75, 3.05) is 6.54 Å². The Labute approximate surface area is 134 Å². The summed E-state index contributed by atoms with van der Waals surface area (Å²) >= 11 is 0. The maximum Gasteiger partial charge on any atom is 0.220 e. The number of carbonyl (C=O) groups excluding carboxylic acids is 1. The molecule has 0 aromatic heterocycles. The fraction of sp³-hybridized carbons (Fsp3) is 0.632. The number of amides is 1. The van der Waals surface area contributed by atoms with E-state index < -0.39 is 0 Å². The number of carbonyl (C=O) groups is 1. The number of hydrogen-bond acceptors (Lipinski definition) is 2. The topological polar surface area (TPSA) is 41.1 Å². The van der Waals surface area contributed by atoms with Gasteiger partial charge in [0.1, 0.15) is 0 Å². The summed E-state index contributed by atoms with van der Waals surface area (Å²) in [6.07, 6.45) is 3.46. The van der Waals surface area contributed by atoms with Crippen molar-refractivity contribution in [3.8, 4) is 0 Å². The van der Waals surface area contributed by atoms with E-state index in [9.17, 15) is 4.79 Å². The van der Waals surface area contributed by atoms with Gasteiger partial charge in [0.2, 0.25) is 5.91 Å². The van der Waals surface area contributed by atoms with Crippen LogP contribution in [0.3, 0.4) is 0 Å². The number of aryl methyl sites for hydroxylation is 1. The van der Waals surface area contributed by atoms with Gasteiger partial charge in [-0.15, -0.1) is 0 Å². The summed E-state index contributed by atoms with van der Waals surface area (Å²) in [6, 6.07) is 9.51. The number of hydrogen-bond donors (Lipinski definition) is 2. The monoisotopic (exact) mass is 302 g/mol. The molecule has 122 valence electrons. The van der Waals surface area contributed by atoms with Gasteiger partial charge in [0, 0.05) is 18.5 Å². The predicted molar refractivity (Wildman–Crippen MR) is 92.1 cm³/mol. The summed E-state index contributed by atoms with van der Waals surface area (Å²) in [5.74, 6) is 0.180. The van der Waals surface area contributed by atoms with E-state index in [-0.39, 0.29) is 11.3 Å². The third-order valence-electron chi connectivity index (χ3n) is 4.45. The van der Waals surface area contributed by atoms with Gasteiger partial charge in [-0.25, -0.2) is 0 Å². The third-order valence-corrected chi connectivity index (χ3v) is 4.45. The average Bonchev–Trinajstić information content (AvgIpc) is 2.45. The number of benzene rings is 1. The molecule has 0 bridgehead atoms. The van der Waals surface area contributed by atoms with E-state index in [4.69, 9.17) is 0 Å². The molecule has 0 spiro atoms. The fourth-order valence-corrected chi connectivity index (χ4v) is 2.99. The highest BCUT2D eigenvalue weighted by Gasteiger charge is 2.19. The van der Waals surface area contributed by atoms with Crippen LogP contribution in [-0.2, 0) is 16.6 Å². The van der Waals surface area contributed by atoms with Crippen molar-refractivity contribution < 1.29 is 4.79 Å². The Kier molecular flexibility index (Phi) is 5.63. The van der Waals surface area contributed by atoms with Crippen LogP contribution in [0.5, 0.6) is 0 Å². The van der Waals surface area contributed by atoms with E-state index in [1.165, 1.54) is 11.1 Å². The molecule has 1 amide bonds. The molecule has 2 unspecified atom stereocenters. The first kappa shape index (κ1) is 17.0. The van der Waals surface area contributed by atoms with E-state index in [1.54, 1.807) is 0 Å². The van der Waals surface area contributed by atoms with Crippen molar-refractivity contribution in [1.29, 1.82) is 0 Å². The molecule has 22 heavy (non-hydrogen) atoms. The second-order valence-electron chi connectivity index (χ2n) is 7.59. The molecule has 0 aliphatic carbocycles. The first-order valence-corrected chi connectivity index (χ1v) is 8.47. The molecule has 3 nitrogen and oxygen atoms in total. The van der Waals surface area contributed by atoms with Gasteiger partial charge >= 0.3 is 0 Å². The molecule has 3 heteroatoms. The predicted octanol–water partition coefficient (Wildman–Crippen LogP) is 3.17. The second-order valence-corrected chi connectivity index (χ2v) is 7.59. The minimum Gasteiger partial charge on any atom is -0.353 e. The van der Waals surface area contributed by atoms with Crippen molar-refractivity contribution in [2.24, 2.45) is 0 Å². The van der Waals surface area contributed by atoms with Crippen LogP contribution in [0.25, 0.3) is 0 Å². The van der Waals surface area contributed by atoms with E-state index in [0.29, 0.717) is 18.5 Å². The average molecular weight is 302 g/mol. The van der Waals surface area contributed by atoms with Crippen LogP contribution in [-0.4, -0.2) is 24.5 Å². The van der Waals surface area contributed by atoms with Gasteiger partial charge in [0.15, 0.2) is 0 Å². The molecule has 0 radical (unpaired) electrons. The first-order valence-electron chi connectivity index (χ1n) is 8.47.